The van der Waals surface area contributed by atoms with Crippen LogP contribution in [0.3, 0.4) is 0 Å². The number of carbonyl (C=O) groups excluding carboxylic acids is 2. The zero-order chi connectivity index (χ0) is 21.8. The molecule has 1 heterocycles. The van der Waals surface area contributed by atoms with Gasteiger partial charge in [-0.1, -0.05) is 41.9 Å². The number of nitrogens with zero attached hydrogens (tertiary/aromatic N) is 2. The van der Waals surface area contributed by atoms with E-state index in [1.54, 1.807) is 12.1 Å². The fourth-order valence-corrected chi connectivity index (χ4v) is 3.71. The van der Waals surface area contributed by atoms with E-state index in [4.69, 9.17) is 16.3 Å². The van der Waals surface area contributed by atoms with Crippen molar-refractivity contribution < 1.29 is 19.4 Å². The van der Waals surface area contributed by atoms with Gasteiger partial charge in [0.1, 0.15) is 11.5 Å². The van der Waals surface area contributed by atoms with E-state index in [1.165, 1.54) is 11.0 Å². The molecule has 2 aromatic carbocycles. The van der Waals surface area contributed by atoms with Crippen LogP contribution in [0.4, 0.5) is 0 Å². The Kier molecular flexibility index (Phi) is 6.80. The minimum atomic E-state index is -0.704. The second-order valence-corrected chi connectivity index (χ2v) is 7.69. The van der Waals surface area contributed by atoms with Crippen LogP contribution < -0.4 is 4.74 Å². The second-order valence-electron chi connectivity index (χ2n) is 7.28. The van der Waals surface area contributed by atoms with Crippen LogP contribution in [0.25, 0.3) is 5.76 Å². The van der Waals surface area contributed by atoms with Gasteiger partial charge in [0.2, 0.25) is 0 Å². The van der Waals surface area contributed by atoms with Gasteiger partial charge in [-0.25, -0.2) is 0 Å². The first-order valence-electron chi connectivity index (χ1n) is 9.76. The van der Waals surface area contributed by atoms with E-state index in [0.29, 0.717) is 36.0 Å². The van der Waals surface area contributed by atoms with Crippen LogP contribution in [0.2, 0.25) is 5.02 Å². The highest BCUT2D eigenvalue weighted by Gasteiger charge is 2.45. The minimum absolute atomic E-state index is 0.0604. The second kappa shape index (κ2) is 9.32. The summed E-state index contributed by atoms with van der Waals surface area (Å²) in [5, 5.41) is 11.4. The minimum Gasteiger partial charge on any atom is -0.507 e. The smallest absolute Gasteiger partial charge is 0.295 e. The van der Waals surface area contributed by atoms with Crippen molar-refractivity contribution in [1.29, 1.82) is 0 Å². The van der Waals surface area contributed by atoms with Gasteiger partial charge < -0.3 is 19.6 Å². The van der Waals surface area contributed by atoms with E-state index in [-0.39, 0.29) is 11.3 Å². The van der Waals surface area contributed by atoms with Gasteiger partial charge in [0.25, 0.3) is 11.7 Å². The van der Waals surface area contributed by atoms with E-state index in [9.17, 15) is 14.7 Å². The normalized spacial score (nSPS) is 18.3. The molecular weight excluding hydrogens is 404 g/mol. The van der Waals surface area contributed by atoms with E-state index in [2.05, 4.69) is 0 Å². The van der Waals surface area contributed by atoms with Crippen molar-refractivity contribution in [3.05, 3.63) is 70.3 Å². The standard InChI is InChI=1S/C23H25ClN2O4/c1-4-30-18-11-10-16(14-17(18)24)21(27)19-20(15-8-6-5-7-9-15)26(13-12-25(2)3)23(29)22(19)28/h5-11,14,20,27H,4,12-13H2,1-3H3/b21-19+/t20-/m1/s1. The van der Waals surface area contributed by atoms with Gasteiger partial charge in [0.05, 0.1) is 23.2 Å². The van der Waals surface area contributed by atoms with Gasteiger partial charge in [-0.15, -0.1) is 0 Å². The van der Waals surface area contributed by atoms with Crippen molar-refractivity contribution in [3.8, 4) is 5.75 Å². The molecule has 158 valence electrons. The lowest BCUT2D eigenvalue weighted by Gasteiger charge is -2.26. The number of ketones is 1. The summed E-state index contributed by atoms with van der Waals surface area (Å²) in [6.07, 6.45) is 0. The average molecular weight is 429 g/mol. The molecule has 1 amide bonds. The Hall–Kier alpha value is -2.83. The quantitative estimate of drug-likeness (QED) is 0.413. The van der Waals surface area contributed by atoms with Gasteiger partial charge in [0, 0.05) is 18.7 Å². The number of hydrogen-bond acceptors (Lipinski definition) is 5. The fourth-order valence-electron chi connectivity index (χ4n) is 3.48. The molecule has 1 aliphatic heterocycles. The third-order valence-electron chi connectivity index (χ3n) is 4.95. The van der Waals surface area contributed by atoms with Crippen LogP contribution in [0.5, 0.6) is 5.75 Å². The molecular formula is C23H25ClN2O4. The third-order valence-corrected chi connectivity index (χ3v) is 5.24. The van der Waals surface area contributed by atoms with Crippen molar-refractivity contribution in [2.75, 3.05) is 33.8 Å². The molecule has 7 heteroatoms. The summed E-state index contributed by atoms with van der Waals surface area (Å²) in [4.78, 5) is 29.2. The Balaban J connectivity index is 2.10. The monoisotopic (exact) mass is 428 g/mol. The van der Waals surface area contributed by atoms with Crippen molar-refractivity contribution >= 4 is 29.1 Å². The summed E-state index contributed by atoms with van der Waals surface area (Å²) in [5.74, 6) is -1.09. The lowest BCUT2D eigenvalue weighted by atomic mass is 9.95. The summed E-state index contributed by atoms with van der Waals surface area (Å²) in [6, 6.07) is 13.4. The zero-order valence-corrected chi connectivity index (χ0v) is 18.0. The Morgan fingerprint density at radius 3 is 2.47 bits per heavy atom. The first-order chi connectivity index (χ1) is 14.3. The predicted octanol–water partition coefficient (Wildman–Crippen LogP) is 3.72. The third kappa shape index (κ3) is 4.35. The van der Waals surface area contributed by atoms with Crippen LogP contribution >= 0.6 is 11.6 Å². The fraction of sp³-hybridized carbons (Fsp3) is 0.304. The molecule has 0 spiro atoms. The largest absolute Gasteiger partial charge is 0.507 e. The zero-order valence-electron chi connectivity index (χ0n) is 17.3. The van der Waals surface area contributed by atoms with Crippen molar-refractivity contribution in [2.45, 2.75) is 13.0 Å². The highest BCUT2D eigenvalue weighted by molar-refractivity contribution is 6.46. The highest BCUT2D eigenvalue weighted by Crippen LogP contribution is 2.40. The number of likely N-dealkylation sites (N-methyl/N-ethyl adjacent to an activating group) is 1. The van der Waals surface area contributed by atoms with E-state index in [0.717, 1.165) is 5.56 Å². The molecule has 3 rings (SSSR count). The number of aliphatic hydroxyl groups is 1. The highest BCUT2D eigenvalue weighted by atomic mass is 35.5. The molecule has 1 N–H and O–H groups in total. The van der Waals surface area contributed by atoms with Gasteiger partial charge in [-0.2, -0.15) is 0 Å². The summed E-state index contributed by atoms with van der Waals surface area (Å²) in [5.41, 5.74) is 1.18. The Bertz CT molecular complexity index is 972. The summed E-state index contributed by atoms with van der Waals surface area (Å²) in [6.45, 7) is 3.25. The number of aliphatic hydroxyl groups excluding tert-OH is 1. The summed E-state index contributed by atoms with van der Waals surface area (Å²) >= 11 is 6.26. The molecule has 0 aliphatic carbocycles. The Labute approximate surface area is 181 Å². The van der Waals surface area contributed by atoms with E-state index < -0.39 is 17.7 Å². The van der Waals surface area contributed by atoms with Crippen LogP contribution in [0.1, 0.15) is 24.1 Å². The lowest BCUT2D eigenvalue weighted by Crippen LogP contribution is -2.35. The van der Waals surface area contributed by atoms with E-state index >= 15 is 0 Å². The number of benzene rings is 2. The summed E-state index contributed by atoms with van der Waals surface area (Å²) in [7, 11) is 3.80. The summed E-state index contributed by atoms with van der Waals surface area (Å²) < 4.78 is 5.43. The Morgan fingerprint density at radius 2 is 1.87 bits per heavy atom. The Morgan fingerprint density at radius 1 is 1.17 bits per heavy atom. The molecule has 0 unspecified atom stereocenters. The molecule has 30 heavy (non-hydrogen) atoms. The maximum absolute atomic E-state index is 12.9. The molecule has 0 aromatic heterocycles. The van der Waals surface area contributed by atoms with Crippen LogP contribution in [0.15, 0.2) is 54.1 Å². The first-order valence-corrected chi connectivity index (χ1v) is 10.1. The van der Waals surface area contributed by atoms with Gasteiger partial charge in [-0.3, -0.25) is 9.59 Å². The average Bonchev–Trinajstić information content (AvgIpc) is 2.98. The van der Waals surface area contributed by atoms with Gasteiger partial charge in [-0.05, 0) is 44.8 Å². The number of hydrogen-bond donors (Lipinski definition) is 1. The van der Waals surface area contributed by atoms with Crippen molar-refractivity contribution in [3.63, 3.8) is 0 Å². The molecule has 1 saturated heterocycles. The number of rotatable bonds is 7. The van der Waals surface area contributed by atoms with Crippen molar-refractivity contribution in [2.24, 2.45) is 0 Å². The molecule has 1 fully saturated rings. The number of ether oxygens (including phenoxy) is 1. The molecule has 0 saturated carbocycles. The number of Topliss-reactive ketones (excluding diaryl/α,β-unsaturated/α-hetero) is 1. The van der Waals surface area contributed by atoms with Crippen LogP contribution in [-0.4, -0.2) is 60.4 Å². The predicted molar refractivity (Wildman–Crippen MR) is 117 cm³/mol. The lowest BCUT2D eigenvalue weighted by molar-refractivity contribution is -0.140. The van der Waals surface area contributed by atoms with Gasteiger partial charge >= 0.3 is 0 Å². The van der Waals surface area contributed by atoms with Crippen LogP contribution in [0, 0.1) is 0 Å². The molecule has 6 nitrogen and oxygen atoms in total. The van der Waals surface area contributed by atoms with Crippen LogP contribution in [-0.2, 0) is 9.59 Å². The first kappa shape index (κ1) is 21.9. The number of halogens is 1. The molecule has 2 aromatic rings. The number of likely N-dealkylation sites (tertiary alicyclic amines) is 1. The number of carbonyl (C=O) groups is 2. The van der Waals surface area contributed by atoms with Crippen molar-refractivity contribution in [1.82, 2.24) is 9.80 Å². The van der Waals surface area contributed by atoms with Gasteiger partial charge in [0.15, 0.2) is 0 Å². The maximum atomic E-state index is 12.9. The molecule has 0 radical (unpaired) electrons. The molecule has 0 bridgehead atoms. The topological polar surface area (TPSA) is 70.1 Å². The SMILES string of the molecule is CCOc1ccc(/C(O)=C2\C(=O)C(=O)N(CCN(C)C)[C@@H]2c2ccccc2)cc1Cl. The van der Waals surface area contributed by atoms with E-state index in [1.807, 2.05) is 56.3 Å². The maximum Gasteiger partial charge on any atom is 0.295 e. The molecule has 1 aliphatic rings. The number of amides is 1. The molecule has 1 atom stereocenters.